The minimum Gasteiger partial charge on any atom is -0.480 e. The maximum atomic E-state index is 12.9. The molecule has 11 nitrogen and oxygen atoms in total. The Morgan fingerprint density at radius 1 is 1.05 bits per heavy atom. The van der Waals surface area contributed by atoms with E-state index < -0.39 is 17.4 Å². The van der Waals surface area contributed by atoms with Gasteiger partial charge in [-0.2, -0.15) is 4.58 Å². The Hall–Kier alpha value is -2.73. The topological polar surface area (TPSA) is 160 Å². The molecule has 0 aromatic carbocycles. The summed E-state index contributed by atoms with van der Waals surface area (Å²) < 4.78 is 12.5. The van der Waals surface area contributed by atoms with Crippen LogP contribution in [0.5, 0.6) is 0 Å². The normalized spacial score (nSPS) is 15.4. The van der Waals surface area contributed by atoms with Gasteiger partial charge in [-0.05, 0) is 52.0 Å². The maximum absolute atomic E-state index is 12.9. The van der Waals surface area contributed by atoms with E-state index in [0.29, 0.717) is 65.3 Å². The fraction of sp³-hybridized carbons (Fsp3) is 0.700. The number of carboxylic acids is 1. The highest BCUT2D eigenvalue weighted by Gasteiger charge is 2.37. The number of allylic oxidation sites excluding steroid dienone is 4. The molecule has 0 spiro atoms. The van der Waals surface area contributed by atoms with Crippen molar-refractivity contribution in [1.82, 2.24) is 10.6 Å². The van der Waals surface area contributed by atoms with Gasteiger partial charge in [0.1, 0.15) is 13.1 Å². The van der Waals surface area contributed by atoms with Gasteiger partial charge in [-0.15, -0.1) is 0 Å². The Bertz CT molecular complexity index is 1010. The Kier molecular flexibility index (Phi) is 16.5. The van der Waals surface area contributed by atoms with Crippen LogP contribution < -0.4 is 16.4 Å². The van der Waals surface area contributed by atoms with Crippen molar-refractivity contribution in [2.45, 2.75) is 79.2 Å². The minimum atomic E-state index is -1.01. The van der Waals surface area contributed by atoms with Crippen molar-refractivity contribution in [1.29, 1.82) is 0 Å². The molecule has 1 aliphatic carbocycles. The van der Waals surface area contributed by atoms with Gasteiger partial charge in [0.15, 0.2) is 12.0 Å². The molecule has 0 saturated carbocycles. The summed E-state index contributed by atoms with van der Waals surface area (Å²) in [5, 5.41) is 14.7. The van der Waals surface area contributed by atoms with Crippen LogP contribution in [0, 0.1) is 5.41 Å². The SMILES string of the molecule is CC1=C(C)C(=O)C(C(C)(C)CC(=O)[N+](C)=CCNCCOCCOCCC(=O)NCCCCC(N)C(=O)O)=C(C)C1. The van der Waals surface area contributed by atoms with Gasteiger partial charge in [-0.3, -0.25) is 14.4 Å². The number of carboxylic acid groups (broad SMARTS) is 1. The fourth-order valence-electron chi connectivity index (χ4n) is 4.64. The highest BCUT2D eigenvalue weighted by molar-refractivity contribution is 6.11. The van der Waals surface area contributed by atoms with Crippen molar-refractivity contribution >= 4 is 29.8 Å². The number of Topliss-reactive ketones (excluding diaryl/α,β-unsaturated/α-hetero) is 1. The summed E-state index contributed by atoms with van der Waals surface area (Å²) in [7, 11) is 1.73. The number of nitrogens with one attached hydrogen (secondary N) is 2. The van der Waals surface area contributed by atoms with Gasteiger partial charge in [0, 0.05) is 30.5 Å². The van der Waals surface area contributed by atoms with Crippen LogP contribution in [0.2, 0.25) is 0 Å². The fourth-order valence-corrected chi connectivity index (χ4v) is 4.64. The molecule has 1 rings (SSSR count). The molecular weight excluding hydrogens is 528 g/mol. The number of rotatable bonds is 20. The third kappa shape index (κ3) is 13.7. The van der Waals surface area contributed by atoms with Gasteiger partial charge in [0.2, 0.25) is 5.91 Å². The largest absolute Gasteiger partial charge is 0.480 e. The van der Waals surface area contributed by atoms with Crippen molar-refractivity contribution in [2.75, 3.05) is 53.1 Å². The monoisotopic (exact) mass is 579 g/mol. The predicted molar refractivity (Wildman–Crippen MR) is 158 cm³/mol. The van der Waals surface area contributed by atoms with E-state index in [0.717, 1.165) is 28.7 Å². The molecule has 0 bridgehead atoms. The first-order chi connectivity index (χ1) is 19.3. The molecule has 1 atom stereocenters. The molecule has 1 unspecified atom stereocenters. The Morgan fingerprint density at radius 3 is 2.37 bits per heavy atom. The van der Waals surface area contributed by atoms with E-state index in [1.165, 1.54) is 0 Å². The lowest BCUT2D eigenvalue weighted by Crippen LogP contribution is -2.33. The second-order valence-corrected chi connectivity index (χ2v) is 11.3. The van der Waals surface area contributed by atoms with E-state index in [1.54, 1.807) is 17.8 Å². The molecule has 41 heavy (non-hydrogen) atoms. The predicted octanol–water partition coefficient (Wildman–Crippen LogP) is 1.98. The molecule has 1 aliphatic rings. The third-order valence-electron chi connectivity index (χ3n) is 7.19. The highest BCUT2D eigenvalue weighted by atomic mass is 16.5. The number of aliphatic carboxylic acids is 1. The van der Waals surface area contributed by atoms with Crippen molar-refractivity contribution in [3.05, 3.63) is 22.3 Å². The highest BCUT2D eigenvalue weighted by Crippen LogP contribution is 2.40. The zero-order chi connectivity index (χ0) is 31.0. The molecule has 11 heteroatoms. The van der Waals surface area contributed by atoms with E-state index >= 15 is 0 Å². The van der Waals surface area contributed by atoms with E-state index in [9.17, 15) is 19.2 Å². The smallest absolute Gasteiger partial charge is 0.387 e. The van der Waals surface area contributed by atoms with Crippen LogP contribution in [0.3, 0.4) is 0 Å². The van der Waals surface area contributed by atoms with E-state index in [4.69, 9.17) is 20.3 Å². The second-order valence-electron chi connectivity index (χ2n) is 11.3. The van der Waals surface area contributed by atoms with Crippen LogP contribution in [-0.2, 0) is 28.7 Å². The molecule has 5 N–H and O–H groups in total. The maximum Gasteiger partial charge on any atom is 0.387 e. The zero-order valence-electron chi connectivity index (χ0n) is 25.8. The molecule has 0 heterocycles. The van der Waals surface area contributed by atoms with Crippen LogP contribution in [0.1, 0.15) is 73.1 Å². The van der Waals surface area contributed by atoms with Gasteiger partial charge < -0.3 is 30.9 Å². The van der Waals surface area contributed by atoms with Crippen LogP contribution in [0.15, 0.2) is 22.3 Å². The van der Waals surface area contributed by atoms with E-state index in [2.05, 4.69) is 10.6 Å². The summed E-state index contributed by atoms with van der Waals surface area (Å²) in [6.45, 7) is 12.9. The Labute approximate surface area is 244 Å². The molecule has 0 radical (unpaired) electrons. The van der Waals surface area contributed by atoms with Gasteiger partial charge in [-0.1, -0.05) is 25.0 Å². The molecular formula is C30H51N4O7+. The second kappa shape index (κ2) is 18.7. The van der Waals surface area contributed by atoms with E-state index in [-0.39, 0.29) is 30.4 Å². The summed E-state index contributed by atoms with van der Waals surface area (Å²) in [6.07, 6.45) is 4.77. The van der Waals surface area contributed by atoms with Crippen LogP contribution in [0.25, 0.3) is 0 Å². The van der Waals surface area contributed by atoms with Gasteiger partial charge in [-0.25, -0.2) is 4.79 Å². The molecule has 232 valence electrons. The average Bonchev–Trinajstić information content (AvgIpc) is 2.89. The van der Waals surface area contributed by atoms with Crippen LogP contribution in [-0.4, -0.2) is 98.6 Å². The number of carbonyl (C=O) groups is 4. The first kappa shape index (κ1) is 36.3. The minimum absolute atomic E-state index is 0.0450. The molecule has 0 aromatic heterocycles. The summed E-state index contributed by atoms with van der Waals surface area (Å²) in [5.41, 5.74) is 8.58. The zero-order valence-corrected chi connectivity index (χ0v) is 25.8. The van der Waals surface area contributed by atoms with Crippen molar-refractivity contribution < 1.29 is 38.3 Å². The summed E-state index contributed by atoms with van der Waals surface area (Å²) >= 11 is 0. The van der Waals surface area contributed by atoms with Crippen molar-refractivity contribution in [2.24, 2.45) is 11.1 Å². The van der Waals surface area contributed by atoms with E-state index in [1.807, 2.05) is 34.6 Å². The lowest BCUT2D eigenvalue weighted by molar-refractivity contribution is -0.416. The number of nitrogens with zero attached hydrogens (tertiary/aromatic N) is 1. The molecule has 0 aromatic rings. The quantitative estimate of drug-likeness (QED) is 0.0961. The molecule has 0 aliphatic heterocycles. The summed E-state index contributed by atoms with van der Waals surface area (Å²) in [4.78, 5) is 48.2. The number of carbonyl (C=O) groups excluding carboxylic acids is 3. The van der Waals surface area contributed by atoms with Gasteiger partial charge >= 0.3 is 11.9 Å². The van der Waals surface area contributed by atoms with Crippen molar-refractivity contribution in [3.8, 4) is 0 Å². The first-order valence-electron chi connectivity index (χ1n) is 14.4. The number of hydrogen-bond donors (Lipinski definition) is 4. The average molecular weight is 580 g/mol. The third-order valence-corrected chi connectivity index (χ3v) is 7.19. The van der Waals surface area contributed by atoms with Crippen LogP contribution in [0.4, 0.5) is 0 Å². The lowest BCUT2D eigenvalue weighted by atomic mass is 9.71. The number of ether oxygens (including phenoxy) is 2. The number of hydrogen-bond acceptors (Lipinski definition) is 8. The first-order valence-corrected chi connectivity index (χ1v) is 14.4. The molecule has 0 saturated heterocycles. The number of ketones is 1. The van der Waals surface area contributed by atoms with Crippen LogP contribution >= 0.6 is 0 Å². The van der Waals surface area contributed by atoms with Gasteiger partial charge in [0.25, 0.3) is 0 Å². The number of nitrogens with two attached hydrogens (primary N) is 1. The van der Waals surface area contributed by atoms with Gasteiger partial charge in [0.05, 0.1) is 39.4 Å². The number of unbranched alkanes of at least 4 members (excludes halogenated alkanes) is 1. The Morgan fingerprint density at radius 2 is 1.71 bits per heavy atom. The summed E-state index contributed by atoms with van der Waals surface area (Å²) in [5.74, 6) is -1.12. The standard InChI is InChI=1S/C30H50N4O7/c1-21-19-22(2)27(28(37)23(21)3)30(4,5)20-26(36)34(6)14-12-32-13-16-41-18-17-40-15-10-25(35)33-11-8-7-9-24(31)29(38)39/h14,24,32H,7-13,15-20,31H2,1-6H3,(H-,33,35,38,39)/p+1. The number of amides is 2. The lowest BCUT2D eigenvalue weighted by Gasteiger charge is -2.31. The van der Waals surface area contributed by atoms with Crippen molar-refractivity contribution in [3.63, 3.8) is 0 Å². The molecule has 2 amide bonds. The Balaban J connectivity index is 2.13. The summed E-state index contributed by atoms with van der Waals surface area (Å²) in [6, 6.07) is -0.855. The molecule has 0 fully saturated rings.